The van der Waals surface area contributed by atoms with Crippen LogP contribution in [0.15, 0.2) is 42.0 Å². The topological polar surface area (TPSA) is 3.24 Å². The van der Waals surface area contributed by atoms with Gasteiger partial charge in [-0.25, -0.2) is 0 Å². The molecule has 3 aliphatic carbocycles. The Bertz CT molecular complexity index is 1040. The van der Waals surface area contributed by atoms with Crippen molar-refractivity contribution in [2.45, 2.75) is 168 Å². The number of allylic oxidation sites excluding steroid dienone is 4. The van der Waals surface area contributed by atoms with Gasteiger partial charge in [0, 0.05) is 16.5 Å². The Hall–Kier alpha value is -1.12. The van der Waals surface area contributed by atoms with Crippen LogP contribution in [0.1, 0.15) is 144 Å². The lowest BCUT2D eigenvalue weighted by Crippen LogP contribution is -2.67. The van der Waals surface area contributed by atoms with Gasteiger partial charge in [-0.15, -0.1) is 0 Å². The smallest absolute Gasteiger partial charge is 0.126 e. The minimum Gasteiger partial charge on any atom is -0.314 e. The molecule has 1 fully saturated rings. The van der Waals surface area contributed by atoms with Crippen molar-refractivity contribution < 1.29 is 0 Å². The van der Waals surface area contributed by atoms with Crippen LogP contribution in [0.3, 0.4) is 0 Å². The molecule has 0 aliphatic heterocycles. The first-order valence-electron chi connectivity index (χ1n) is 17.1. The van der Waals surface area contributed by atoms with Crippen molar-refractivity contribution in [1.82, 2.24) is 4.57 Å². The molecule has 1 aromatic rings. The zero-order chi connectivity index (χ0) is 29.3. The lowest BCUT2D eigenvalue weighted by molar-refractivity contribution is 0.122. The predicted molar refractivity (Wildman–Crippen MR) is 180 cm³/mol. The van der Waals surface area contributed by atoms with Gasteiger partial charge in [-0.1, -0.05) is 121 Å². The summed E-state index contributed by atoms with van der Waals surface area (Å²) in [4.78, 5) is 0. The van der Waals surface area contributed by atoms with E-state index < -0.39 is 8.24 Å². The summed E-state index contributed by atoms with van der Waals surface area (Å²) < 4.78 is 2.99. The van der Waals surface area contributed by atoms with Crippen molar-refractivity contribution in [1.29, 1.82) is 0 Å². The molecule has 0 bridgehead atoms. The summed E-state index contributed by atoms with van der Waals surface area (Å²) in [5.41, 5.74) is 8.01. The summed E-state index contributed by atoms with van der Waals surface area (Å²) in [5, 5.41) is 0. The molecule has 3 unspecified atom stereocenters. The highest BCUT2D eigenvalue weighted by atomic mass is 28.3. The van der Waals surface area contributed by atoms with Crippen LogP contribution in [-0.2, 0) is 5.41 Å². The molecule has 0 amide bonds. The molecule has 1 nitrogen and oxygen atoms in total. The van der Waals surface area contributed by atoms with Crippen molar-refractivity contribution >= 4 is 13.8 Å². The maximum absolute atomic E-state index is 2.99. The first-order chi connectivity index (χ1) is 18.8. The molecule has 0 radical (unpaired) electrons. The van der Waals surface area contributed by atoms with Gasteiger partial charge in [0.15, 0.2) is 0 Å². The van der Waals surface area contributed by atoms with E-state index in [1.165, 1.54) is 77.0 Å². The summed E-state index contributed by atoms with van der Waals surface area (Å²) in [6, 6.07) is 9.60. The van der Waals surface area contributed by atoms with Crippen molar-refractivity contribution in [2.75, 3.05) is 0 Å². The molecular formula is C38H63NSi. The number of benzene rings is 1. The Morgan fingerprint density at radius 2 is 1.35 bits per heavy atom. The molecule has 3 aliphatic rings. The van der Waals surface area contributed by atoms with Crippen molar-refractivity contribution in [3.05, 3.63) is 53.1 Å². The quantitative estimate of drug-likeness (QED) is 0.181. The fourth-order valence-corrected chi connectivity index (χ4v) is 16.1. The highest BCUT2D eigenvalue weighted by molar-refractivity contribution is 6.76. The molecule has 40 heavy (non-hydrogen) atoms. The third kappa shape index (κ3) is 6.01. The van der Waals surface area contributed by atoms with E-state index in [2.05, 4.69) is 109 Å². The molecule has 2 heteroatoms. The summed E-state index contributed by atoms with van der Waals surface area (Å²) in [6.45, 7) is 24.9. The van der Waals surface area contributed by atoms with Crippen molar-refractivity contribution in [2.24, 2.45) is 11.8 Å². The van der Waals surface area contributed by atoms with Crippen molar-refractivity contribution in [3.8, 4) is 0 Å². The highest BCUT2D eigenvalue weighted by Gasteiger charge is 2.55. The molecule has 0 N–H and O–H groups in total. The van der Waals surface area contributed by atoms with Gasteiger partial charge in [0.25, 0.3) is 0 Å². The van der Waals surface area contributed by atoms with E-state index in [0.717, 1.165) is 5.54 Å². The van der Waals surface area contributed by atoms with E-state index in [9.17, 15) is 0 Å². The van der Waals surface area contributed by atoms with E-state index >= 15 is 0 Å². The van der Waals surface area contributed by atoms with Crippen LogP contribution in [0.5, 0.6) is 0 Å². The van der Waals surface area contributed by atoms with Gasteiger partial charge in [0.2, 0.25) is 0 Å². The summed E-state index contributed by atoms with van der Waals surface area (Å²) in [7, 11) is -1.76. The third-order valence-corrected chi connectivity index (χ3v) is 15.8. The Labute approximate surface area is 250 Å². The largest absolute Gasteiger partial charge is 0.314 e. The monoisotopic (exact) mass is 561 g/mol. The van der Waals surface area contributed by atoms with Crippen LogP contribution >= 0.6 is 0 Å². The molecule has 1 aromatic carbocycles. The van der Waals surface area contributed by atoms with Gasteiger partial charge in [-0.3, -0.25) is 0 Å². The Morgan fingerprint density at radius 1 is 0.775 bits per heavy atom. The van der Waals surface area contributed by atoms with Crippen LogP contribution in [0.25, 0.3) is 5.57 Å². The first-order valence-corrected chi connectivity index (χ1v) is 20.2. The Kier molecular flexibility index (Phi) is 9.73. The van der Waals surface area contributed by atoms with Crippen LogP contribution in [-0.4, -0.2) is 23.9 Å². The second-order valence-electron chi connectivity index (χ2n) is 16.2. The molecule has 0 heterocycles. The standard InChI is InChI=1S/C38H63NSi/c1-11-13-15-19-25-38(26-20-16-14-12-2)33-22-18-17-21-30(33)32-27-29-23-24-35(31(29)28-34(32)38)40(9,10)39(36(3,4)5)37(6,7)8/h17-18,21-22,27-29,31,35H,11-16,19-20,23-26H2,1-10H3. The third-order valence-electron chi connectivity index (χ3n) is 10.8. The number of hydrogen-bond acceptors (Lipinski definition) is 1. The molecule has 0 spiro atoms. The van der Waals surface area contributed by atoms with E-state index in [1.807, 2.05) is 0 Å². The number of nitrogens with zero attached hydrogens (tertiary/aromatic N) is 1. The number of fused-ring (bicyclic) bond motifs is 4. The zero-order valence-electron chi connectivity index (χ0n) is 28.1. The van der Waals surface area contributed by atoms with Gasteiger partial charge in [-0.2, -0.15) is 0 Å². The maximum atomic E-state index is 2.99. The van der Waals surface area contributed by atoms with Crippen LogP contribution in [0.4, 0.5) is 0 Å². The SMILES string of the molecule is CCCCCCC1(CCCCCC)C2=CC3C(C=C2c2ccccc21)CCC3[Si](C)(C)N(C(C)(C)C)C(C)(C)C. The molecule has 1 saturated carbocycles. The fourth-order valence-electron chi connectivity index (χ4n) is 10.1. The summed E-state index contributed by atoms with van der Waals surface area (Å²) in [5.74, 6) is 1.41. The van der Waals surface area contributed by atoms with Gasteiger partial charge in [0.1, 0.15) is 8.24 Å². The molecule has 4 rings (SSSR count). The van der Waals surface area contributed by atoms with Crippen LogP contribution in [0.2, 0.25) is 18.6 Å². The number of rotatable bonds is 12. The van der Waals surface area contributed by atoms with E-state index in [4.69, 9.17) is 0 Å². The number of hydrogen-bond donors (Lipinski definition) is 0. The average Bonchev–Trinajstić information content (AvgIpc) is 3.39. The lowest BCUT2D eigenvalue weighted by atomic mass is 9.68. The Morgan fingerprint density at radius 3 is 1.90 bits per heavy atom. The summed E-state index contributed by atoms with van der Waals surface area (Å²) in [6.07, 6.45) is 22.0. The minimum atomic E-state index is -1.76. The second-order valence-corrected chi connectivity index (χ2v) is 20.7. The van der Waals surface area contributed by atoms with Crippen LogP contribution < -0.4 is 0 Å². The van der Waals surface area contributed by atoms with Crippen LogP contribution in [0, 0.1) is 11.8 Å². The van der Waals surface area contributed by atoms with Gasteiger partial charge >= 0.3 is 0 Å². The molecule has 224 valence electrons. The van der Waals surface area contributed by atoms with Gasteiger partial charge in [0.05, 0.1) is 0 Å². The molecular weight excluding hydrogens is 499 g/mol. The normalized spacial score (nSPS) is 24.0. The van der Waals surface area contributed by atoms with Gasteiger partial charge in [-0.05, 0) is 100 Å². The molecule has 0 saturated heterocycles. The zero-order valence-corrected chi connectivity index (χ0v) is 29.1. The summed E-state index contributed by atoms with van der Waals surface area (Å²) >= 11 is 0. The first kappa shape index (κ1) is 31.8. The molecule has 3 atom stereocenters. The Balaban J connectivity index is 1.78. The van der Waals surface area contributed by atoms with Crippen molar-refractivity contribution in [3.63, 3.8) is 0 Å². The minimum absolute atomic E-state index is 0.181. The van der Waals surface area contributed by atoms with E-state index in [1.54, 1.807) is 22.3 Å². The predicted octanol–water partition coefficient (Wildman–Crippen LogP) is 11.7. The number of unbranched alkanes of at least 4 members (excludes halogenated alkanes) is 6. The second kappa shape index (κ2) is 12.2. The van der Waals surface area contributed by atoms with Gasteiger partial charge < -0.3 is 4.57 Å². The maximum Gasteiger partial charge on any atom is 0.126 e. The average molecular weight is 562 g/mol. The fraction of sp³-hybridized carbons (Fsp3) is 0.737. The highest BCUT2D eigenvalue weighted by Crippen LogP contribution is 2.62. The lowest BCUT2D eigenvalue weighted by Gasteiger charge is -2.57. The van der Waals surface area contributed by atoms with E-state index in [0.29, 0.717) is 11.8 Å². The van der Waals surface area contributed by atoms with E-state index in [-0.39, 0.29) is 16.5 Å². The molecule has 0 aromatic heterocycles.